The molecule has 0 spiro atoms. The lowest BCUT2D eigenvalue weighted by molar-refractivity contribution is -0.119. The van der Waals surface area contributed by atoms with E-state index in [4.69, 9.17) is 9.47 Å². The van der Waals surface area contributed by atoms with Crippen LogP contribution in [0.1, 0.15) is 26.7 Å². The summed E-state index contributed by atoms with van der Waals surface area (Å²) in [5, 5.41) is 12.3. The molecule has 0 fully saturated rings. The van der Waals surface area contributed by atoms with Crippen molar-refractivity contribution in [2.45, 2.75) is 44.4 Å². The number of benzene rings is 1. The maximum atomic E-state index is 12.1. The van der Waals surface area contributed by atoms with Crippen LogP contribution in [-0.4, -0.2) is 53.3 Å². The number of hydrogen-bond acceptors (Lipinski definition) is 6. The summed E-state index contributed by atoms with van der Waals surface area (Å²) >= 11 is 1.40. The van der Waals surface area contributed by atoms with Crippen LogP contribution in [-0.2, 0) is 16.1 Å². The van der Waals surface area contributed by atoms with E-state index in [0.29, 0.717) is 12.4 Å². The van der Waals surface area contributed by atoms with E-state index in [-0.39, 0.29) is 11.9 Å². The van der Waals surface area contributed by atoms with E-state index < -0.39 is 0 Å². The van der Waals surface area contributed by atoms with Gasteiger partial charge in [0.05, 0.1) is 19.5 Å². The van der Waals surface area contributed by atoms with Crippen molar-refractivity contribution in [2.75, 3.05) is 26.6 Å². The van der Waals surface area contributed by atoms with Crippen LogP contribution in [0.4, 0.5) is 0 Å². The van der Waals surface area contributed by atoms with Gasteiger partial charge in [0.1, 0.15) is 5.75 Å². The van der Waals surface area contributed by atoms with Crippen molar-refractivity contribution in [1.29, 1.82) is 0 Å². The van der Waals surface area contributed by atoms with E-state index in [0.717, 1.165) is 41.7 Å². The van der Waals surface area contributed by atoms with Gasteiger partial charge in [0.2, 0.25) is 5.91 Å². The molecule has 1 atom stereocenters. The standard InChI is InChI=1S/C19H28N4O3S/c1-5-6-11-23-18(15-7-9-16(26-4)10-8-15)21-22-19(23)27-13-17(24)20-14(2)12-25-3/h7-10,14H,5-6,11-13H2,1-4H3,(H,20,24)/t14-/m0/s1. The Labute approximate surface area is 164 Å². The molecule has 0 radical (unpaired) electrons. The molecule has 1 N–H and O–H groups in total. The third-order valence-corrected chi connectivity index (χ3v) is 4.92. The van der Waals surface area contributed by atoms with Crippen molar-refractivity contribution >= 4 is 17.7 Å². The Hall–Kier alpha value is -2.06. The third-order valence-electron chi connectivity index (χ3n) is 3.96. The van der Waals surface area contributed by atoms with Crippen LogP contribution < -0.4 is 10.1 Å². The summed E-state index contributed by atoms with van der Waals surface area (Å²) in [5.74, 6) is 1.86. The summed E-state index contributed by atoms with van der Waals surface area (Å²) < 4.78 is 12.3. The van der Waals surface area contributed by atoms with Crippen LogP contribution >= 0.6 is 11.8 Å². The Morgan fingerprint density at radius 1 is 1.26 bits per heavy atom. The number of carbonyl (C=O) groups is 1. The first-order valence-electron chi connectivity index (χ1n) is 9.07. The number of amides is 1. The van der Waals surface area contributed by atoms with Crippen molar-refractivity contribution in [3.8, 4) is 17.1 Å². The van der Waals surface area contributed by atoms with Gasteiger partial charge in [0, 0.05) is 25.3 Å². The van der Waals surface area contributed by atoms with Crippen LogP contribution in [0.3, 0.4) is 0 Å². The molecule has 0 aliphatic heterocycles. The van der Waals surface area contributed by atoms with Crippen LogP contribution in [0.15, 0.2) is 29.4 Å². The van der Waals surface area contributed by atoms with E-state index >= 15 is 0 Å². The second kappa shape index (κ2) is 10.9. The Kier molecular flexibility index (Phi) is 8.60. The quantitative estimate of drug-likeness (QED) is 0.592. The summed E-state index contributed by atoms with van der Waals surface area (Å²) in [6, 6.07) is 7.74. The number of aromatic nitrogens is 3. The highest BCUT2D eigenvalue weighted by molar-refractivity contribution is 7.99. The van der Waals surface area contributed by atoms with Gasteiger partial charge in [-0.15, -0.1) is 10.2 Å². The first-order chi connectivity index (χ1) is 13.1. The van der Waals surface area contributed by atoms with Crippen molar-refractivity contribution in [1.82, 2.24) is 20.1 Å². The second-order valence-corrected chi connectivity index (χ2v) is 7.19. The molecule has 148 valence electrons. The largest absolute Gasteiger partial charge is 0.497 e. The normalized spacial score (nSPS) is 12.0. The smallest absolute Gasteiger partial charge is 0.230 e. The number of hydrogen-bond donors (Lipinski definition) is 1. The molecule has 2 aromatic rings. The van der Waals surface area contributed by atoms with E-state index in [1.165, 1.54) is 11.8 Å². The Bertz CT molecular complexity index is 718. The number of ether oxygens (including phenoxy) is 2. The minimum absolute atomic E-state index is 0.0177. The molecule has 2 rings (SSSR count). The fraction of sp³-hybridized carbons (Fsp3) is 0.526. The zero-order valence-corrected chi connectivity index (χ0v) is 17.2. The fourth-order valence-corrected chi connectivity index (χ4v) is 3.38. The number of rotatable bonds is 11. The maximum absolute atomic E-state index is 12.1. The molecule has 1 aromatic heterocycles. The number of methoxy groups -OCH3 is 2. The van der Waals surface area contributed by atoms with Crippen LogP contribution in [0.5, 0.6) is 5.75 Å². The highest BCUT2D eigenvalue weighted by Crippen LogP contribution is 2.26. The molecule has 0 bridgehead atoms. The fourth-order valence-electron chi connectivity index (χ4n) is 2.61. The average molecular weight is 393 g/mol. The number of nitrogens with one attached hydrogen (secondary N) is 1. The number of unbranched alkanes of at least 4 members (excludes halogenated alkanes) is 1. The number of nitrogens with zero attached hydrogens (tertiary/aromatic N) is 3. The second-order valence-electron chi connectivity index (χ2n) is 6.25. The summed E-state index contributed by atoms with van der Waals surface area (Å²) in [6.45, 7) is 5.37. The van der Waals surface area contributed by atoms with Gasteiger partial charge in [0.25, 0.3) is 0 Å². The van der Waals surface area contributed by atoms with E-state index in [2.05, 4.69) is 27.0 Å². The van der Waals surface area contributed by atoms with Gasteiger partial charge in [-0.2, -0.15) is 0 Å². The van der Waals surface area contributed by atoms with E-state index in [1.807, 2.05) is 31.2 Å². The topological polar surface area (TPSA) is 78.3 Å². The molecular weight excluding hydrogens is 364 g/mol. The molecular formula is C19H28N4O3S. The van der Waals surface area contributed by atoms with Gasteiger partial charge < -0.3 is 19.4 Å². The Morgan fingerprint density at radius 3 is 2.63 bits per heavy atom. The van der Waals surface area contributed by atoms with Crippen LogP contribution in [0, 0.1) is 0 Å². The molecule has 0 aliphatic rings. The summed E-state index contributed by atoms with van der Waals surface area (Å²) in [5.41, 5.74) is 0.976. The number of carbonyl (C=O) groups excluding carboxylic acids is 1. The van der Waals surface area contributed by atoms with Gasteiger partial charge in [-0.3, -0.25) is 4.79 Å². The SMILES string of the molecule is CCCCn1c(SCC(=O)N[C@@H](C)COC)nnc1-c1ccc(OC)cc1. The minimum Gasteiger partial charge on any atom is -0.497 e. The Morgan fingerprint density at radius 2 is 2.00 bits per heavy atom. The van der Waals surface area contributed by atoms with Crippen molar-refractivity contribution in [3.05, 3.63) is 24.3 Å². The van der Waals surface area contributed by atoms with Crippen molar-refractivity contribution < 1.29 is 14.3 Å². The summed E-state index contributed by atoms with van der Waals surface area (Å²) in [6.07, 6.45) is 2.09. The first kappa shape index (κ1) is 21.2. The lowest BCUT2D eigenvalue weighted by Crippen LogP contribution is -2.36. The zero-order chi connectivity index (χ0) is 19.6. The monoisotopic (exact) mass is 392 g/mol. The van der Waals surface area contributed by atoms with Gasteiger partial charge >= 0.3 is 0 Å². The predicted molar refractivity (Wildman–Crippen MR) is 107 cm³/mol. The Balaban J connectivity index is 2.11. The minimum atomic E-state index is -0.0411. The zero-order valence-electron chi connectivity index (χ0n) is 16.4. The molecule has 1 aromatic carbocycles. The van der Waals surface area contributed by atoms with Crippen LogP contribution in [0.2, 0.25) is 0 Å². The van der Waals surface area contributed by atoms with Gasteiger partial charge in [-0.05, 0) is 37.6 Å². The average Bonchev–Trinajstić information content (AvgIpc) is 3.07. The van der Waals surface area contributed by atoms with Gasteiger partial charge in [0.15, 0.2) is 11.0 Å². The molecule has 1 amide bonds. The molecule has 8 heteroatoms. The van der Waals surface area contributed by atoms with Gasteiger partial charge in [-0.25, -0.2) is 0 Å². The summed E-state index contributed by atoms with van der Waals surface area (Å²) in [7, 11) is 3.26. The van der Waals surface area contributed by atoms with Crippen molar-refractivity contribution in [3.63, 3.8) is 0 Å². The van der Waals surface area contributed by atoms with Gasteiger partial charge in [-0.1, -0.05) is 25.1 Å². The molecule has 0 saturated heterocycles. The molecule has 27 heavy (non-hydrogen) atoms. The lowest BCUT2D eigenvalue weighted by atomic mass is 10.2. The predicted octanol–water partition coefficient (Wildman–Crippen LogP) is 3.00. The highest BCUT2D eigenvalue weighted by atomic mass is 32.2. The van der Waals surface area contributed by atoms with Crippen LogP contribution in [0.25, 0.3) is 11.4 Å². The molecule has 1 heterocycles. The summed E-state index contributed by atoms with van der Waals surface area (Å²) in [4.78, 5) is 12.1. The lowest BCUT2D eigenvalue weighted by Gasteiger charge is -2.13. The van der Waals surface area contributed by atoms with Crippen molar-refractivity contribution in [2.24, 2.45) is 0 Å². The molecule has 0 aliphatic carbocycles. The first-order valence-corrected chi connectivity index (χ1v) is 10.1. The third kappa shape index (κ3) is 6.25. The molecule has 0 saturated carbocycles. The molecule has 7 nitrogen and oxygen atoms in total. The number of thioether (sulfide) groups is 1. The highest BCUT2D eigenvalue weighted by Gasteiger charge is 2.16. The maximum Gasteiger partial charge on any atom is 0.230 e. The van der Waals surface area contributed by atoms with E-state index in [9.17, 15) is 4.79 Å². The molecule has 0 unspecified atom stereocenters. The van der Waals surface area contributed by atoms with E-state index in [1.54, 1.807) is 14.2 Å².